The Labute approximate surface area is 107 Å². The maximum Gasteiger partial charge on any atom is 0.416 e. The summed E-state index contributed by atoms with van der Waals surface area (Å²) in [5, 5.41) is 11.5. The summed E-state index contributed by atoms with van der Waals surface area (Å²) in [6.07, 6.45) is -4.57. The van der Waals surface area contributed by atoms with Gasteiger partial charge in [0, 0.05) is 7.11 Å². The molecule has 0 bridgehead atoms. The molecule has 1 amide bonds. The Morgan fingerprint density at radius 3 is 2.68 bits per heavy atom. The number of carbonyl (C=O) groups is 1. The van der Waals surface area contributed by atoms with Crippen molar-refractivity contribution in [3.8, 4) is 5.75 Å². The van der Waals surface area contributed by atoms with E-state index in [0.717, 1.165) is 6.07 Å². The summed E-state index contributed by atoms with van der Waals surface area (Å²) in [4.78, 5) is 11.5. The minimum absolute atomic E-state index is 0.0917. The quantitative estimate of drug-likeness (QED) is 0.725. The fourth-order valence-corrected chi connectivity index (χ4v) is 1.29. The molecule has 0 aromatic heterocycles. The fourth-order valence-electron chi connectivity index (χ4n) is 1.29. The van der Waals surface area contributed by atoms with Crippen molar-refractivity contribution in [3.05, 3.63) is 23.8 Å². The van der Waals surface area contributed by atoms with Crippen LogP contribution in [0.5, 0.6) is 5.75 Å². The van der Waals surface area contributed by atoms with Gasteiger partial charge in [0.2, 0.25) is 5.91 Å². The van der Waals surface area contributed by atoms with Crippen molar-refractivity contribution < 1.29 is 27.8 Å². The van der Waals surface area contributed by atoms with Crippen LogP contribution in [-0.4, -0.2) is 30.8 Å². The van der Waals surface area contributed by atoms with E-state index >= 15 is 0 Å². The van der Waals surface area contributed by atoms with Crippen LogP contribution in [0.2, 0.25) is 0 Å². The zero-order valence-corrected chi connectivity index (χ0v) is 9.99. The maximum absolute atomic E-state index is 12.5. The van der Waals surface area contributed by atoms with Gasteiger partial charge in [-0.2, -0.15) is 13.2 Å². The van der Waals surface area contributed by atoms with Crippen molar-refractivity contribution in [3.63, 3.8) is 0 Å². The predicted octanol–water partition coefficient (Wildman–Crippen LogP) is 1.32. The number of hydrogen-bond acceptors (Lipinski definition) is 4. The summed E-state index contributed by atoms with van der Waals surface area (Å²) in [6.45, 7) is -0.0917. The van der Waals surface area contributed by atoms with Gasteiger partial charge in [-0.05, 0) is 18.2 Å². The van der Waals surface area contributed by atoms with Crippen LogP contribution < -0.4 is 11.1 Å². The number of anilines is 1. The number of hydrogen-bond donors (Lipinski definition) is 3. The molecule has 0 aliphatic heterocycles. The molecule has 5 nitrogen and oxygen atoms in total. The Balaban J connectivity index is 2.92. The highest BCUT2D eigenvalue weighted by atomic mass is 19.4. The lowest BCUT2D eigenvalue weighted by atomic mass is 10.1. The fraction of sp³-hybridized carbons (Fsp3) is 0.364. The van der Waals surface area contributed by atoms with E-state index in [2.05, 4.69) is 10.1 Å². The van der Waals surface area contributed by atoms with Gasteiger partial charge in [-0.3, -0.25) is 4.79 Å². The van der Waals surface area contributed by atoms with Gasteiger partial charge in [0.25, 0.3) is 0 Å². The number of nitrogens with one attached hydrogen (secondary N) is 1. The Morgan fingerprint density at radius 1 is 1.53 bits per heavy atom. The number of phenols is 1. The summed E-state index contributed by atoms with van der Waals surface area (Å²) >= 11 is 0. The smallest absolute Gasteiger partial charge is 0.416 e. The molecule has 1 rings (SSSR count). The molecule has 0 spiro atoms. The number of methoxy groups -OCH3 is 1. The van der Waals surface area contributed by atoms with Crippen LogP contribution in [0.4, 0.5) is 18.9 Å². The molecular weight excluding hydrogens is 265 g/mol. The molecular formula is C11H13F3N2O3. The highest BCUT2D eigenvalue weighted by Gasteiger charge is 2.31. The SMILES string of the molecule is COCC(N)C(=O)Nc1cc(C(F)(F)F)ccc1O. The van der Waals surface area contributed by atoms with Crippen LogP contribution in [0.15, 0.2) is 18.2 Å². The monoisotopic (exact) mass is 278 g/mol. The van der Waals surface area contributed by atoms with Crippen molar-refractivity contribution >= 4 is 11.6 Å². The molecule has 1 unspecified atom stereocenters. The first-order valence-corrected chi connectivity index (χ1v) is 5.21. The van der Waals surface area contributed by atoms with E-state index in [-0.39, 0.29) is 12.3 Å². The molecule has 19 heavy (non-hydrogen) atoms. The third kappa shape index (κ3) is 4.11. The Bertz CT molecular complexity index is 463. The van der Waals surface area contributed by atoms with Crippen LogP contribution in [0.1, 0.15) is 5.56 Å². The standard InChI is InChI=1S/C11H13F3N2O3/c1-19-5-7(15)10(18)16-8-4-6(11(12,13)14)2-3-9(8)17/h2-4,7,17H,5,15H2,1H3,(H,16,18). The van der Waals surface area contributed by atoms with Crippen molar-refractivity contribution in [1.82, 2.24) is 0 Å². The number of aromatic hydroxyl groups is 1. The largest absolute Gasteiger partial charge is 0.506 e. The lowest BCUT2D eigenvalue weighted by Gasteiger charge is -2.14. The number of amides is 1. The van der Waals surface area contributed by atoms with Crippen LogP contribution in [0.25, 0.3) is 0 Å². The van der Waals surface area contributed by atoms with E-state index in [1.165, 1.54) is 7.11 Å². The van der Waals surface area contributed by atoms with E-state index in [1.807, 2.05) is 0 Å². The normalized spacial score (nSPS) is 13.1. The number of carbonyl (C=O) groups excluding carboxylic acids is 1. The molecule has 4 N–H and O–H groups in total. The molecule has 0 heterocycles. The highest BCUT2D eigenvalue weighted by Crippen LogP contribution is 2.34. The summed E-state index contributed by atoms with van der Waals surface area (Å²) < 4.78 is 42.1. The number of phenolic OH excluding ortho intramolecular Hbond substituents is 1. The Hall–Kier alpha value is -1.80. The Morgan fingerprint density at radius 2 is 2.16 bits per heavy atom. The summed E-state index contributed by atoms with van der Waals surface area (Å²) in [5.74, 6) is -1.23. The van der Waals surface area contributed by atoms with Gasteiger partial charge in [-0.15, -0.1) is 0 Å². The number of alkyl halides is 3. The zero-order valence-electron chi connectivity index (χ0n) is 9.99. The Kier molecular flexibility index (Phi) is 4.73. The van der Waals surface area contributed by atoms with Gasteiger partial charge in [-0.25, -0.2) is 0 Å². The van der Waals surface area contributed by atoms with Crippen molar-refractivity contribution in [1.29, 1.82) is 0 Å². The molecule has 1 aromatic carbocycles. The van der Waals surface area contributed by atoms with E-state index < -0.39 is 29.4 Å². The third-order valence-corrected chi connectivity index (χ3v) is 2.26. The molecule has 0 radical (unpaired) electrons. The summed E-state index contributed by atoms with van der Waals surface area (Å²) in [5.41, 5.74) is 4.07. The first-order chi connectivity index (χ1) is 8.75. The van der Waals surface area contributed by atoms with Crippen LogP contribution in [0.3, 0.4) is 0 Å². The lowest BCUT2D eigenvalue weighted by Crippen LogP contribution is -2.39. The van der Waals surface area contributed by atoms with E-state index in [4.69, 9.17) is 5.73 Å². The van der Waals surface area contributed by atoms with E-state index in [9.17, 15) is 23.1 Å². The third-order valence-electron chi connectivity index (χ3n) is 2.26. The molecule has 8 heteroatoms. The molecule has 1 atom stereocenters. The molecule has 106 valence electrons. The number of nitrogens with two attached hydrogens (primary N) is 1. The van der Waals surface area contributed by atoms with Crippen LogP contribution >= 0.6 is 0 Å². The first kappa shape index (κ1) is 15.3. The minimum Gasteiger partial charge on any atom is -0.506 e. The molecule has 1 aromatic rings. The van der Waals surface area contributed by atoms with Crippen LogP contribution in [-0.2, 0) is 15.7 Å². The van der Waals surface area contributed by atoms with E-state index in [1.54, 1.807) is 0 Å². The first-order valence-electron chi connectivity index (χ1n) is 5.21. The van der Waals surface area contributed by atoms with Gasteiger partial charge in [-0.1, -0.05) is 0 Å². The molecule has 0 saturated carbocycles. The van der Waals surface area contributed by atoms with Crippen LogP contribution in [0, 0.1) is 0 Å². The van der Waals surface area contributed by atoms with Crippen molar-refractivity contribution in [2.45, 2.75) is 12.2 Å². The second-order valence-electron chi connectivity index (χ2n) is 3.78. The topological polar surface area (TPSA) is 84.6 Å². The molecule has 0 saturated heterocycles. The van der Waals surface area contributed by atoms with Crippen molar-refractivity contribution in [2.75, 3.05) is 19.0 Å². The van der Waals surface area contributed by atoms with E-state index in [0.29, 0.717) is 12.1 Å². The second-order valence-corrected chi connectivity index (χ2v) is 3.78. The highest BCUT2D eigenvalue weighted by molar-refractivity contribution is 5.96. The number of benzene rings is 1. The van der Waals surface area contributed by atoms with Gasteiger partial charge in [0.05, 0.1) is 17.9 Å². The maximum atomic E-state index is 12.5. The van der Waals surface area contributed by atoms with Gasteiger partial charge < -0.3 is 20.9 Å². The number of rotatable bonds is 4. The summed E-state index contributed by atoms with van der Waals surface area (Å²) in [6, 6.07) is 1.14. The minimum atomic E-state index is -4.57. The van der Waals surface area contributed by atoms with Gasteiger partial charge in [0.1, 0.15) is 11.8 Å². The average Bonchev–Trinajstić information content (AvgIpc) is 2.30. The summed E-state index contributed by atoms with van der Waals surface area (Å²) in [7, 11) is 1.33. The zero-order chi connectivity index (χ0) is 14.6. The van der Waals surface area contributed by atoms with Gasteiger partial charge in [0.15, 0.2) is 0 Å². The number of halogens is 3. The molecule has 0 aliphatic rings. The lowest BCUT2D eigenvalue weighted by molar-refractivity contribution is -0.137. The van der Waals surface area contributed by atoms with Gasteiger partial charge >= 0.3 is 6.18 Å². The molecule has 0 fully saturated rings. The van der Waals surface area contributed by atoms with Crippen molar-refractivity contribution in [2.24, 2.45) is 5.73 Å². The number of ether oxygens (including phenoxy) is 1. The second kappa shape index (κ2) is 5.89. The molecule has 0 aliphatic carbocycles. The predicted molar refractivity (Wildman–Crippen MR) is 61.6 cm³/mol. The average molecular weight is 278 g/mol.